The summed E-state index contributed by atoms with van der Waals surface area (Å²) >= 11 is 1.68. The molecule has 6 heteroatoms. The van der Waals surface area contributed by atoms with Gasteiger partial charge in [-0.1, -0.05) is 19.1 Å². The molecule has 5 nitrogen and oxygen atoms in total. The van der Waals surface area contributed by atoms with Crippen LogP contribution < -0.4 is 15.4 Å². The Hall–Kier alpha value is -2.08. The largest absolute Gasteiger partial charge is 0.497 e. The molecular formula is C18H23N3O2S. The summed E-state index contributed by atoms with van der Waals surface area (Å²) in [4.78, 5) is 16.5. The third-order valence-electron chi connectivity index (χ3n) is 4.22. The van der Waals surface area contributed by atoms with E-state index in [2.05, 4.69) is 40.1 Å². The Kier molecular flexibility index (Phi) is 5.35. The summed E-state index contributed by atoms with van der Waals surface area (Å²) in [5.41, 5.74) is 2.30. The van der Waals surface area contributed by atoms with Crippen molar-refractivity contribution in [3.63, 3.8) is 0 Å². The van der Waals surface area contributed by atoms with Crippen molar-refractivity contribution >= 4 is 17.4 Å². The van der Waals surface area contributed by atoms with Crippen LogP contribution in [0.1, 0.15) is 35.5 Å². The van der Waals surface area contributed by atoms with Gasteiger partial charge in [-0.2, -0.15) is 0 Å². The van der Waals surface area contributed by atoms with E-state index in [1.54, 1.807) is 18.4 Å². The molecule has 1 aliphatic rings. The number of ether oxygens (including phenoxy) is 1. The standard InChI is InChI=1S/C18H23N3O2S/c1-3-17-20-13(11-24-17)8-9-19-18(22)21-16-10-15(16)12-4-6-14(23-2)7-5-12/h4-7,11,15-16H,3,8-10H2,1-2H3,(H2,19,21,22)/t15-,16-/m0/s1. The third kappa shape index (κ3) is 4.26. The molecule has 2 atom stereocenters. The van der Waals surface area contributed by atoms with Crippen LogP contribution in [0, 0.1) is 0 Å². The molecule has 2 amide bonds. The number of aromatic nitrogens is 1. The van der Waals surface area contributed by atoms with Crippen molar-refractivity contribution in [1.82, 2.24) is 15.6 Å². The Bertz CT molecular complexity index is 684. The minimum atomic E-state index is -0.0954. The second-order valence-electron chi connectivity index (χ2n) is 5.96. The predicted molar refractivity (Wildman–Crippen MR) is 95.9 cm³/mol. The van der Waals surface area contributed by atoms with Crippen molar-refractivity contribution in [2.24, 2.45) is 0 Å². The van der Waals surface area contributed by atoms with Crippen LogP contribution >= 0.6 is 11.3 Å². The van der Waals surface area contributed by atoms with Crippen molar-refractivity contribution < 1.29 is 9.53 Å². The molecule has 1 aromatic heterocycles. The highest BCUT2D eigenvalue weighted by atomic mass is 32.1. The number of aryl methyl sites for hydroxylation is 1. The molecule has 1 fully saturated rings. The smallest absolute Gasteiger partial charge is 0.315 e. The first-order chi connectivity index (χ1) is 11.7. The van der Waals surface area contributed by atoms with Gasteiger partial charge in [-0.25, -0.2) is 9.78 Å². The Morgan fingerprint density at radius 3 is 2.83 bits per heavy atom. The number of hydrogen-bond donors (Lipinski definition) is 2. The van der Waals surface area contributed by atoms with E-state index in [0.29, 0.717) is 12.5 Å². The monoisotopic (exact) mass is 345 g/mol. The summed E-state index contributed by atoms with van der Waals surface area (Å²) in [7, 11) is 1.66. The lowest BCUT2D eigenvalue weighted by Gasteiger charge is -2.07. The topological polar surface area (TPSA) is 63.2 Å². The van der Waals surface area contributed by atoms with Crippen LogP contribution in [0.2, 0.25) is 0 Å². The van der Waals surface area contributed by atoms with Gasteiger partial charge in [0.1, 0.15) is 5.75 Å². The van der Waals surface area contributed by atoms with Gasteiger partial charge in [0.25, 0.3) is 0 Å². The first-order valence-electron chi connectivity index (χ1n) is 8.31. The molecule has 128 valence electrons. The van der Waals surface area contributed by atoms with Gasteiger partial charge in [0.2, 0.25) is 0 Å². The zero-order valence-electron chi connectivity index (χ0n) is 14.0. The minimum Gasteiger partial charge on any atom is -0.497 e. The minimum absolute atomic E-state index is 0.0954. The van der Waals surface area contributed by atoms with Crippen molar-refractivity contribution in [2.75, 3.05) is 13.7 Å². The maximum Gasteiger partial charge on any atom is 0.315 e. The molecule has 1 aliphatic carbocycles. The van der Waals surface area contributed by atoms with E-state index in [9.17, 15) is 4.79 Å². The van der Waals surface area contributed by atoms with E-state index in [1.165, 1.54) is 5.56 Å². The van der Waals surface area contributed by atoms with Gasteiger partial charge in [-0.05, 0) is 30.5 Å². The van der Waals surface area contributed by atoms with E-state index in [0.717, 1.165) is 35.7 Å². The first kappa shape index (κ1) is 16.8. The number of methoxy groups -OCH3 is 1. The molecule has 0 radical (unpaired) electrons. The highest BCUT2D eigenvalue weighted by molar-refractivity contribution is 7.09. The lowest BCUT2D eigenvalue weighted by molar-refractivity contribution is 0.240. The highest BCUT2D eigenvalue weighted by Gasteiger charge is 2.39. The van der Waals surface area contributed by atoms with Gasteiger partial charge < -0.3 is 15.4 Å². The summed E-state index contributed by atoms with van der Waals surface area (Å²) < 4.78 is 5.17. The highest BCUT2D eigenvalue weighted by Crippen LogP contribution is 2.41. The van der Waals surface area contributed by atoms with E-state index < -0.39 is 0 Å². The molecule has 1 heterocycles. The Morgan fingerprint density at radius 1 is 1.38 bits per heavy atom. The van der Waals surface area contributed by atoms with E-state index in [1.807, 2.05) is 12.1 Å². The maximum atomic E-state index is 12.0. The molecule has 0 aliphatic heterocycles. The van der Waals surface area contributed by atoms with E-state index >= 15 is 0 Å². The number of nitrogens with one attached hydrogen (secondary N) is 2. The number of rotatable bonds is 7. The van der Waals surface area contributed by atoms with E-state index in [4.69, 9.17) is 4.74 Å². The molecule has 0 unspecified atom stereocenters. The molecule has 2 N–H and O–H groups in total. The van der Waals surface area contributed by atoms with Crippen LogP contribution in [0.4, 0.5) is 4.79 Å². The van der Waals surface area contributed by atoms with Gasteiger partial charge in [0.05, 0.1) is 17.8 Å². The van der Waals surface area contributed by atoms with Crippen molar-refractivity contribution in [1.29, 1.82) is 0 Å². The summed E-state index contributed by atoms with van der Waals surface area (Å²) in [6.45, 7) is 2.71. The van der Waals surface area contributed by atoms with Crippen LogP contribution in [0.3, 0.4) is 0 Å². The molecule has 1 aromatic carbocycles. The molecule has 3 rings (SSSR count). The Morgan fingerprint density at radius 2 is 2.17 bits per heavy atom. The van der Waals surface area contributed by atoms with Gasteiger partial charge in [0, 0.05) is 30.3 Å². The quantitative estimate of drug-likeness (QED) is 0.810. The number of amides is 2. The van der Waals surface area contributed by atoms with Crippen LogP contribution in [0.15, 0.2) is 29.6 Å². The average molecular weight is 345 g/mol. The van der Waals surface area contributed by atoms with Gasteiger partial charge in [-0.3, -0.25) is 0 Å². The zero-order chi connectivity index (χ0) is 16.9. The first-order valence-corrected chi connectivity index (χ1v) is 9.19. The second kappa shape index (κ2) is 7.66. The molecule has 0 spiro atoms. The summed E-state index contributed by atoms with van der Waals surface area (Å²) in [6, 6.07) is 8.19. The molecule has 0 bridgehead atoms. The summed E-state index contributed by atoms with van der Waals surface area (Å²) in [5, 5.41) is 9.17. The van der Waals surface area contributed by atoms with Crippen LogP contribution in [-0.2, 0) is 12.8 Å². The molecule has 24 heavy (non-hydrogen) atoms. The molecule has 2 aromatic rings. The fourth-order valence-corrected chi connectivity index (χ4v) is 3.50. The molecular weight excluding hydrogens is 322 g/mol. The number of hydrogen-bond acceptors (Lipinski definition) is 4. The van der Waals surface area contributed by atoms with Gasteiger partial charge >= 0.3 is 6.03 Å². The average Bonchev–Trinajstić information content (AvgIpc) is 3.20. The number of carbonyl (C=O) groups is 1. The van der Waals surface area contributed by atoms with Crippen LogP contribution in [0.5, 0.6) is 5.75 Å². The number of carbonyl (C=O) groups excluding carboxylic acids is 1. The zero-order valence-corrected chi connectivity index (χ0v) is 14.9. The third-order valence-corrected chi connectivity index (χ3v) is 5.26. The SMILES string of the molecule is CCc1nc(CCNC(=O)N[C@H]2C[C@H]2c2ccc(OC)cc2)cs1. The van der Waals surface area contributed by atoms with Crippen LogP contribution in [0.25, 0.3) is 0 Å². The van der Waals surface area contributed by atoms with E-state index in [-0.39, 0.29) is 12.1 Å². The second-order valence-corrected chi connectivity index (χ2v) is 6.90. The van der Waals surface area contributed by atoms with Gasteiger partial charge in [-0.15, -0.1) is 11.3 Å². The maximum absolute atomic E-state index is 12.0. The van der Waals surface area contributed by atoms with Crippen LogP contribution in [-0.4, -0.2) is 30.7 Å². The van der Waals surface area contributed by atoms with Crippen molar-refractivity contribution in [2.45, 2.75) is 38.1 Å². The normalized spacial score (nSPS) is 18.9. The number of thiazole rings is 1. The fourth-order valence-electron chi connectivity index (χ4n) is 2.72. The fraction of sp³-hybridized carbons (Fsp3) is 0.444. The number of benzene rings is 1. The molecule has 0 saturated heterocycles. The Balaban J connectivity index is 1.38. The molecule has 1 saturated carbocycles. The van der Waals surface area contributed by atoms with Gasteiger partial charge in [0.15, 0.2) is 0 Å². The predicted octanol–water partition coefficient (Wildman–Crippen LogP) is 3.11. The number of urea groups is 1. The lowest BCUT2D eigenvalue weighted by Crippen LogP contribution is -2.38. The number of nitrogens with zero attached hydrogens (tertiary/aromatic N) is 1. The lowest BCUT2D eigenvalue weighted by atomic mass is 10.1. The summed E-state index contributed by atoms with van der Waals surface area (Å²) in [5.74, 6) is 1.27. The van der Waals surface area contributed by atoms with Crippen molar-refractivity contribution in [3.8, 4) is 5.75 Å². The van der Waals surface area contributed by atoms with Crippen molar-refractivity contribution in [3.05, 3.63) is 45.9 Å². The summed E-state index contributed by atoms with van der Waals surface area (Å²) in [6.07, 6.45) is 2.73. The Labute approximate surface area is 146 Å².